The maximum atomic E-state index is 7.03. The molecule has 70 valence electrons. The average Bonchev–Trinajstić information content (AvgIpc) is 1.96. The predicted molar refractivity (Wildman–Crippen MR) is 53.2 cm³/mol. The second-order valence-electron chi connectivity index (χ2n) is 3.19. The fourth-order valence-corrected chi connectivity index (χ4v) is 1.44. The van der Waals surface area contributed by atoms with Crippen LogP contribution in [0.3, 0.4) is 0 Å². The molecule has 0 spiro atoms. The van der Waals surface area contributed by atoms with Crippen molar-refractivity contribution >= 4 is 6.02 Å². The molecule has 0 fully saturated rings. The zero-order valence-electron chi connectivity index (χ0n) is 8.14. The molecular formula is C10H14N2O. The summed E-state index contributed by atoms with van der Waals surface area (Å²) in [5.41, 5.74) is 8.36. The lowest BCUT2D eigenvalue weighted by Gasteiger charge is -2.10. The van der Waals surface area contributed by atoms with Gasteiger partial charge in [-0.05, 0) is 31.9 Å². The van der Waals surface area contributed by atoms with Crippen molar-refractivity contribution in [1.82, 2.24) is 0 Å². The van der Waals surface area contributed by atoms with Gasteiger partial charge in [0.2, 0.25) is 0 Å². The predicted octanol–water partition coefficient (Wildman–Crippen LogP) is 1.88. The van der Waals surface area contributed by atoms with Gasteiger partial charge in [-0.1, -0.05) is 17.7 Å². The zero-order chi connectivity index (χ0) is 10.0. The van der Waals surface area contributed by atoms with Crippen LogP contribution < -0.4 is 10.5 Å². The topological polar surface area (TPSA) is 59.1 Å². The van der Waals surface area contributed by atoms with Crippen LogP contribution in [0, 0.1) is 26.2 Å². The minimum absolute atomic E-state index is 0.268. The molecule has 0 heterocycles. The highest BCUT2D eigenvalue weighted by Gasteiger charge is 2.05. The van der Waals surface area contributed by atoms with Gasteiger partial charge in [-0.3, -0.25) is 5.41 Å². The van der Waals surface area contributed by atoms with E-state index < -0.39 is 0 Å². The third kappa shape index (κ3) is 2.21. The second kappa shape index (κ2) is 3.47. The number of nitrogens with one attached hydrogen (secondary N) is 1. The third-order valence-electron chi connectivity index (χ3n) is 1.82. The van der Waals surface area contributed by atoms with Gasteiger partial charge in [-0.2, -0.15) is 0 Å². The van der Waals surface area contributed by atoms with Crippen molar-refractivity contribution in [2.24, 2.45) is 5.73 Å². The Bertz CT molecular complexity index is 322. The monoisotopic (exact) mass is 178 g/mol. The smallest absolute Gasteiger partial charge is 0.284 e. The number of amidine groups is 1. The molecule has 0 radical (unpaired) electrons. The Morgan fingerprint density at radius 3 is 2.08 bits per heavy atom. The molecule has 0 saturated carbocycles. The number of aryl methyl sites for hydroxylation is 3. The van der Waals surface area contributed by atoms with Crippen LogP contribution in [0.5, 0.6) is 5.75 Å². The summed E-state index contributed by atoms with van der Waals surface area (Å²) in [6.07, 6.45) is 0. The lowest BCUT2D eigenvalue weighted by molar-refractivity contribution is 0.528. The summed E-state index contributed by atoms with van der Waals surface area (Å²) in [5.74, 6) is 0.693. The third-order valence-corrected chi connectivity index (χ3v) is 1.82. The molecule has 1 aromatic carbocycles. The Balaban J connectivity index is 3.13. The van der Waals surface area contributed by atoms with E-state index in [0.717, 1.165) is 11.1 Å². The quantitative estimate of drug-likeness (QED) is 0.509. The Hall–Kier alpha value is -1.51. The first kappa shape index (κ1) is 9.58. The second-order valence-corrected chi connectivity index (χ2v) is 3.19. The van der Waals surface area contributed by atoms with Gasteiger partial charge >= 0.3 is 0 Å². The van der Waals surface area contributed by atoms with E-state index in [0.29, 0.717) is 5.75 Å². The van der Waals surface area contributed by atoms with Crippen molar-refractivity contribution in [3.63, 3.8) is 0 Å². The van der Waals surface area contributed by atoms with Crippen LogP contribution in [0.4, 0.5) is 0 Å². The Morgan fingerprint density at radius 2 is 1.69 bits per heavy atom. The van der Waals surface area contributed by atoms with Crippen molar-refractivity contribution in [1.29, 1.82) is 5.41 Å². The molecule has 0 aliphatic heterocycles. The van der Waals surface area contributed by atoms with E-state index in [-0.39, 0.29) is 6.02 Å². The van der Waals surface area contributed by atoms with Crippen molar-refractivity contribution in [2.45, 2.75) is 20.8 Å². The maximum absolute atomic E-state index is 7.03. The summed E-state index contributed by atoms with van der Waals surface area (Å²) < 4.78 is 5.09. The number of hydrogen-bond acceptors (Lipinski definition) is 2. The highest BCUT2D eigenvalue weighted by Crippen LogP contribution is 2.24. The number of benzene rings is 1. The highest BCUT2D eigenvalue weighted by atomic mass is 16.5. The molecule has 1 aromatic rings. The molecule has 0 aromatic heterocycles. The fraction of sp³-hybridized carbons (Fsp3) is 0.300. The SMILES string of the molecule is Cc1cc(C)c(OC(=N)N)c(C)c1. The first-order valence-electron chi connectivity index (χ1n) is 4.10. The van der Waals surface area contributed by atoms with Crippen molar-refractivity contribution in [3.05, 3.63) is 28.8 Å². The summed E-state index contributed by atoms with van der Waals surface area (Å²) in [4.78, 5) is 0. The molecule has 0 bridgehead atoms. The Morgan fingerprint density at radius 1 is 1.23 bits per heavy atom. The van der Waals surface area contributed by atoms with E-state index in [9.17, 15) is 0 Å². The molecule has 0 aliphatic carbocycles. The standard InChI is InChI=1S/C10H14N2O/c1-6-4-7(2)9(8(3)5-6)13-10(11)12/h4-5H,1-3H3,(H3,11,12). The summed E-state index contributed by atoms with van der Waals surface area (Å²) >= 11 is 0. The summed E-state index contributed by atoms with van der Waals surface area (Å²) in [7, 11) is 0. The van der Waals surface area contributed by atoms with E-state index >= 15 is 0 Å². The van der Waals surface area contributed by atoms with Crippen LogP contribution in [0.1, 0.15) is 16.7 Å². The number of nitrogens with two attached hydrogens (primary N) is 1. The molecule has 0 saturated heterocycles. The molecule has 0 aliphatic rings. The van der Waals surface area contributed by atoms with E-state index in [1.54, 1.807) is 0 Å². The van der Waals surface area contributed by atoms with Gasteiger partial charge in [0.15, 0.2) is 0 Å². The lowest BCUT2D eigenvalue weighted by atomic mass is 10.1. The number of rotatable bonds is 1. The first-order chi connectivity index (χ1) is 6.00. The number of hydrogen-bond donors (Lipinski definition) is 2. The molecule has 3 nitrogen and oxygen atoms in total. The summed E-state index contributed by atoms with van der Waals surface area (Å²) in [6.45, 7) is 5.91. The first-order valence-corrected chi connectivity index (χ1v) is 4.10. The van der Waals surface area contributed by atoms with E-state index in [4.69, 9.17) is 15.9 Å². The van der Waals surface area contributed by atoms with Crippen molar-refractivity contribution in [2.75, 3.05) is 0 Å². The normalized spacial score (nSPS) is 9.77. The van der Waals surface area contributed by atoms with Crippen LogP contribution in [0.15, 0.2) is 12.1 Å². The van der Waals surface area contributed by atoms with Gasteiger partial charge in [0, 0.05) is 0 Å². The Labute approximate surface area is 78.0 Å². The summed E-state index contributed by atoms with van der Waals surface area (Å²) in [6, 6.07) is 3.74. The van der Waals surface area contributed by atoms with Gasteiger partial charge in [0.05, 0.1) is 0 Å². The molecular weight excluding hydrogens is 164 g/mol. The maximum Gasteiger partial charge on any atom is 0.284 e. The van der Waals surface area contributed by atoms with Crippen LogP contribution in [-0.2, 0) is 0 Å². The van der Waals surface area contributed by atoms with Crippen LogP contribution in [-0.4, -0.2) is 6.02 Å². The van der Waals surface area contributed by atoms with Crippen LogP contribution >= 0.6 is 0 Å². The van der Waals surface area contributed by atoms with Crippen LogP contribution in [0.2, 0.25) is 0 Å². The molecule has 13 heavy (non-hydrogen) atoms. The largest absolute Gasteiger partial charge is 0.426 e. The van der Waals surface area contributed by atoms with Gasteiger partial charge in [0.1, 0.15) is 5.75 Å². The van der Waals surface area contributed by atoms with E-state index in [1.807, 2.05) is 32.9 Å². The minimum Gasteiger partial charge on any atom is -0.426 e. The van der Waals surface area contributed by atoms with Crippen molar-refractivity contribution in [3.8, 4) is 5.75 Å². The minimum atomic E-state index is -0.268. The highest BCUT2D eigenvalue weighted by molar-refractivity contribution is 5.71. The zero-order valence-corrected chi connectivity index (χ0v) is 8.14. The molecule has 3 N–H and O–H groups in total. The molecule has 0 amide bonds. The molecule has 0 atom stereocenters. The summed E-state index contributed by atoms with van der Waals surface area (Å²) in [5, 5.41) is 7.03. The number of ether oxygens (including phenoxy) is 1. The molecule has 0 unspecified atom stereocenters. The Kier molecular flexibility index (Phi) is 2.56. The molecule has 3 heteroatoms. The lowest BCUT2D eigenvalue weighted by Crippen LogP contribution is -2.18. The van der Waals surface area contributed by atoms with Gasteiger partial charge in [0.25, 0.3) is 6.02 Å². The van der Waals surface area contributed by atoms with E-state index in [2.05, 4.69) is 0 Å². The average molecular weight is 178 g/mol. The molecule has 1 rings (SSSR count). The van der Waals surface area contributed by atoms with Crippen LogP contribution in [0.25, 0.3) is 0 Å². The van der Waals surface area contributed by atoms with Gasteiger partial charge < -0.3 is 10.5 Å². The van der Waals surface area contributed by atoms with Gasteiger partial charge in [-0.15, -0.1) is 0 Å². The van der Waals surface area contributed by atoms with Crippen molar-refractivity contribution < 1.29 is 4.74 Å². The van der Waals surface area contributed by atoms with Gasteiger partial charge in [-0.25, -0.2) is 0 Å². The van der Waals surface area contributed by atoms with E-state index in [1.165, 1.54) is 5.56 Å². The fourth-order valence-electron chi connectivity index (χ4n) is 1.44.